The average Bonchev–Trinajstić information content (AvgIpc) is 2.28. The highest BCUT2D eigenvalue weighted by Gasteiger charge is 2.38. The maximum absolute atomic E-state index is 13.4. The Morgan fingerprint density at radius 3 is 2.67 bits per heavy atom. The predicted octanol–water partition coefficient (Wildman–Crippen LogP) is 3.38. The number of hydrogen-bond donors (Lipinski definition) is 1. The van der Waals surface area contributed by atoms with Crippen LogP contribution in [0, 0.1) is 11.7 Å². The number of benzene rings is 1. The summed E-state index contributed by atoms with van der Waals surface area (Å²) in [6.07, 6.45) is -1.30. The van der Waals surface area contributed by atoms with Gasteiger partial charge in [0.05, 0.1) is 11.1 Å². The van der Waals surface area contributed by atoms with Crippen molar-refractivity contribution in [3.8, 4) is 0 Å². The van der Waals surface area contributed by atoms with E-state index in [1.807, 2.05) is 0 Å². The molecule has 1 heterocycles. The van der Waals surface area contributed by atoms with Crippen molar-refractivity contribution < 1.29 is 19.0 Å². The molecule has 116 valence electrons. The van der Waals surface area contributed by atoms with Crippen molar-refractivity contribution in [2.75, 3.05) is 13.1 Å². The Morgan fingerprint density at radius 2 is 2.10 bits per heavy atom. The lowest BCUT2D eigenvalue weighted by atomic mass is 9.89. The normalized spacial score (nSPS) is 17.3. The molecule has 0 aliphatic carbocycles. The van der Waals surface area contributed by atoms with Gasteiger partial charge in [0, 0.05) is 24.6 Å². The molecule has 1 aliphatic heterocycles. The first-order chi connectivity index (χ1) is 9.69. The van der Waals surface area contributed by atoms with Crippen LogP contribution in [0.1, 0.15) is 32.4 Å². The van der Waals surface area contributed by atoms with E-state index in [-0.39, 0.29) is 10.9 Å². The Morgan fingerprint density at radius 1 is 1.48 bits per heavy atom. The number of nitrogens with zero attached hydrogens (tertiary/aromatic N) is 1. The second-order valence-electron chi connectivity index (χ2n) is 6.23. The highest BCUT2D eigenvalue weighted by Crippen LogP contribution is 2.35. The molecule has 0 spiro atoms. The number of aliphatic hydroxyl groups excluding tert-OH is 1. The molecule has 0 radical (unpaired) electrons. The van der Waals surface area contributed by atoms with Crippen LogP contribution in [0.3, 0.4) is 0 Å². The second kappa shape index (κ2) is 5.81. The summed E-state index contributed by atoms with van der Waals surface area (Å²) in [4.78, 5) is 13.3. The van der Waals surface area contributed by atoms with Crippen molar-refractivity contribution in [3.63, 3.8) is 0 Å². The molecule has 1 amide bonds. The van der Waals surface area contributed by atoms with Crippen molar-refractivity contribution in [3.05, 3.63) is 34.6 Å². The fraction of sp³-hybridized carbons (Fsp3) is 0.533. The number of aliphatic hydroxyl groups is 1. The summed E-state index contributed by atoms with van der Waals surface area (Å²) >= 11 is 5.86. The fourth-order valence-electron chi connectivity index (χ4n) is 2.19. The van der Waals surface area contributed by atoms with Crippen LogP contribution in [0.2, 0.25) is 5.02 Å². The number of carbonyl (C=O) groups excluding carboxylic acids is 1. The summed E-state index contributed by atoms with van der Waals surface area (Å²) in [6.45, 7) is 6.11. The van der Waals surface area contributed by atoms with Crippen molar-refractivity contribution in [2.45, 2.75) is 32.5 Å². The standard InChI is InChI=1S/C15H19ClFNO3/c1-15(2,3)21-14(20)18-7-9(8-18)13(19)10-5-4-6-11(17)12(10)16/h4-6,9,13,19H,7-8H2,1-3H3. The van der Waals surface area contributed by atoms with E-state index < -0.39 is 23.6 Å². The molecule has 1 aromatic rings. The largest absolute Gasteiger partial charge is 0.444 e. The maximum Gasteiger partial charge on any atom is 0.410 e. The average molecular weight is 316 g/mol. The third-order valence-corrected chi connectivity index (χ3v) is 3.71. The third kappa shape index (κ3) is 3.66. The van der Waals surface area contributed by atoms with E-state index in [0.717, 1.165) is 0 Å². The smallest absolute Gasteiger partial charge is 0.410 e. The summed E-state index contributed by atoms with van der Waals surface area (Å²) in [7, 11) is 0. The number of rotatable bonds is 2. The Labute approximate surface area is 128 Å². The van der Waals surface area contributed by atoms with Gasteiger partial charge in [-0.1, -0.05) is 23.7 Å². The van der Waals surface area contributed by atoms with Gasteiger partial charge >= 0.3 is 6.09 Å². The molecule has 1 unspecified atom stereocenters. The molecule has 1 saturated heterocycles. The van der Waals surface area contributed by atoms with E-state index in [9.17, 15) is 14.3 Å². The van der Waals surface area contributed by atoms with Crippen molar-refractivity contribution in [1.82, 2.24) is 4.90 Å². The van der Waals surface area contributed by atoms with Crippen molar-refractivity contribution in [2.24, 2.45) is 5.92 Å². The number of likely N-dealkylation sites (tertiary alicyclic amines) is 1. The summed E-state index contributed by atoms with van der Waals surface area (Å²) in [5.41, 5.74) is -0.197. The van der Waals surface area contributed by atoms with Gasteiger partial charge in [0.2, 0.25) is 0 Å². The molecule has 0 saturated carbocycles. The number of carbonyl (C=O) groups is 1. The molecule has 0 bridgehead atoms. The van der Waals surface area contributed by atoms with Gasteiger partial charge in [-0.05, 0) is 26.8 Å². The monoisotopic (exact) mass is 315 g/mol. The molecule has 2 rings (SSSR count). The first-order valence-corrected chi connectivity index (χ1v) is 7.17. The predicted molar refractivity (Wildman–Crippen MR) is 77.7 cm³/mol. The van der Waals surface area contributed by atoms with Crippen LogP contribution in [-0.4, -0.2) is 34.8 Å². The van der Waals surface area contributed by atoms with Gasteiger partial charge in [-0.25, -0.2) is 9.18 Å². The van der Waals surface area contributed by atoms with E-state index in [4.69, 9.17) is 16.3 Å². The lowest BCUT2D eigenvalue weighted by Crippen LogP contribution is -2.53. The highest BCUT2D eigenvalue weighted by atomic mass is 35.5. The van der Waals surface area contributed by atoms with E-state index in [2.05, 4.69) is 0 Å². The zero-order valence-corrected chi connectivity index (χ0v) is 13.0. The minimum atomic E-state index is -0.896. The SMILES string of the molecule is CC(C)(C)OC(=O)N1CC(C(O)c2cccc(F)c2Cl)C1. The first kappa shape index (κ1) is 16.0. The van der Waals surface area contributed by atoms with Gasteiger partial charge in [0.25, 0.3) is 0 Å². The van der Waals surface area contributed by atoms with E-state index in [0.29, 0.717) is 18.7 Å². The van der Waals surface area contributed by atoms with Crippen LogP contribution >= 0.6 is 11.6 Å². The van der Waals surface area contributed by atoms with E-state index in [1.165, 1.54) is 17.0 Å². The third-order valence-electron chi connectivity index (χ3n) is 3.31. The van der Waals surface area contributed by atoms with Gasteiger partial charge in [-0.2, -0.15) is 0 Å². The number of hydrogen-bond acceptors (Lipinski definition) is 3. The summed E-state index contributed by atoms with van der Waals surface area (Å²) < 4.78 is 18.6. The number of amides is 1. The summed E-state index contributed by atoms with van der Waals surface area (Å²) in [6, 6.07) is 4.34. The molecule has 6 heteroatoms. The molecule has 1 fully saturated rings. The Kier molecular flexibility index (Phi) is 4.44. The van der Waals surface area contributed by atoms with Crippen molar-refractivity contribution in [1.29, 1.82) is 0 Å². The van der Waals surface area contributed by atoms with Gasteiger partial charge in [-0.3, -0.25) is 0 Å². The van der Waals surface area contributed by atoms with Crippen LogP contribution in [0.4, 0.5) is 9.18 Å². The minimum absolute atomic E-state index is 0.0688. The lowest BCUT2D eigenvalue weighted by molar-refractivity contribution is -0.0314. The molecule has 1 aliphatic rings. The molecule has 21 heavy (non-hydrogen) atoms. The van der Waals surface area contributed by atoms with Gasteiger partial charge in [0.1, 0.15) is 11.4 Å². The van der Waals surface area contributed by atoms with Crippen LogP contribution < -0.4 is 0 Å². The van der Waals surface area contributed by atoms with Crippen LogP contribution in [0.15, 0.2) is 18.2 Å². The lowest BCUT2D eigenvalue weighted by Gasteiger charge is -2.42. The Hall–Kier alpha value is -1.33. The fourth-order valence-corrected chi connectivity index (χ4v) is 2.43. The highest BCUT2D eigenvalue weighted by molar-refractivity contribution is 6.31. The summed E-state index contributed by atoms with van der Waals surface area (Å²) in [5, 5.41) is 10.2. The van der Waals surface area contributed by atoms with Gasteiger partial charge in [0.15, 0.2) is 0 Å². The number of ether oxygens (including phenoxy) is 1. The second-order valence-corrected chi connectivity index (χ2v) is 6.61. The molecular formula is C15H19ClFNO3. The van der Waals surface area contributed by atoms with Gasteiger partial charge in [-0.15, -0.1) is 0 Å². The molecular weight excluding hydrogens is 297 g/mol. The van der Waals surface area contributed by atoms with E-state index in [1.54, 1.807) is 26.8 Å². The van der Waals surface area contributed by atoms with Crippen LogP contribution in [0.5, 0.6) is 0 Å². The van der Waals surface area contributed by atoms with Gasteiger partial charge < -0.3 is 14.7 Å². The summed E-state index contributed by atoms with van der Waals surface area (Å²) in [5.74, 6) is -0.728. The quantitative estimate of drug-likeness (QED) is 0.910. The maximum atomic E-state index is 13.4. The molecule has 1 aromatic carbocycles. The topological polar surface area (TPSA) is 49.8 Å². The van der Waals surface area contributed by atoms with Crippen molar-refractivity contribution >= 4 is 17.7 Å². The molecule has 4 nitrogen and oxygen atoms in total. The molecule has 1 N–H and O–H groups in total. The Balaban J connectivity index is 1.95. The minimum Gasteiger partial charge on any atom is -0.444 e. The van der Waals surface area contributed by atoms with Crippen LogP contribution in [0.25, 0.3) is 0 Å². The molecule has 1 atom stereocenters. The zero-order valence-electron chi connectivity index (χ0n) is 12.3. The molecule has 0 aromatic heterocycles. The number of halogens is 2. The zero-order chi connectivity index (χ0) is 15.8. The Bertz CT molecular complexity index is 538. The first-order valence-electron chi connectivity index (χ1n) is 6.79. The van der Waals surface area contributed by atoms with E-state index >= 15 is 0 Å². The van der Waals surface area contributed by atoms with Crippen LogP contribution in [-0.2, 0) is 4.74 Å².